The molecule has 0 bridgehead atoms. The first kappa shape index (κ1) is 18.8. The summed E-state index contributed by atoms with van der Waals surface area (Å²) >= 11 is 0. The summed E-state index contributed by atoms with van der Waals surface area (Å²) in [6.45, 7) is 8.08. The van der Waals surface area contributed by atoms with Gasteiger partial charge in [-0.25, -0.2) is 0 Å². The second-order valence-corrected chi connectivity index (χ2v) is 6.67. The molecule has 0 fully saturated rings. The molecule has 3 rings (SSSR count). The summed E-state index contributed by atoms with van der Waals surface area (Å²) in [5.74, 6) is 1.18. The average molecular weight is 363 g/mol. The largest absolute Gasteiger partial charge is 0.507 e. The number of phenolic OH excluding ortho intramolecular Hbond substituents is 1. The van der Waals surface area contributed by atoms with Crippen LogP contribution in [0.4, 0.5) is 5.69 Å². The van der Waals surface area contributed by atoms with Gasteiger partial charge in [0.2, 0.25) is 5.91 Å². The molecule has 0 saturated heterocycles. The van der Waals surface area contributed by atoms with Crippen LogP contribution in [0.25, 0.3) is 0 Å². The highest BCUT2D eigenvalue weighted by atomic mass is 16.5. The second-order valence-electron chi connectivity index (χ2n) is 6.67. The van der Waals surface area contributed by atoms with Crippen molar-refractivity contribution in [2.75, 3.05) is 12.0 Å². The minimum absolute atomic E-state index is 0.0955. The number of fused-ring (bicyclic) bond motifs is 1. The van der Waals surface area contributed by atoms with Crippen molar-refractivity contribution in [2.45, 2.75) is 32.2 Å². The average Bonchev–Trinajstić information content (AvgIpc) is 2.68. The molecule has 27 heavy (non-hydrogen) atoms. The van der Waals surface area contributed by atoms with E-state index in [-0.39, 0.29) is 5.91 Å². The highest BCUT2D eigenvalue weighted by Gasteiger charge is 2.28. The fraction of sp³-hybridized carbons (Fsp3) is 0.261. The normalized spacial score (nSPS) is 13.2. The van der Waals surface area contributed by atoms with Crippen LogP contribution in [-0.4, -0.2) is 18.1 Å². The van der Waals surface area contributed by atoms with Crippen LogP contribution in [-0.2, 0) is 30.6 Å². The van der Waals surface area contributed by atoms with E-state index in [0.717, 1.165) is 33.7 Å². The molecule has 1 heterocycles. The number of methoxy groups -OCH3 is 1. The number of phenols is 1. The molecule has 1 amide bonds. The number of amides is 1. The van der Waals surface area contributed by atoms with Gasteiger partial charge in [0.15, 0.2) is 0 Å². The Morgan fingerprint density at radius 3 is 2.48 bits per heavy atom. The topological polar surface area (TPSA) is 49.8 Å². The number of ether oxygens (including phenoxy) is 1. The smallest absolute Gasteiger partial charge is 0.227 e. The van der Waals surface area contributed by atoms with Crippen LogP contribution in [0.5, 0.6) is 11.5 Å². The fourth-order valence-corrected chi connectivity index (χ4v) is 3.60. The first-order valence-electron chi connectivity index (χ1n) is 9.10. The van der Waals surface area contributed by atoms with Crippen LogP contribution in [0.1, 0.15) is 28.7 Å². The minimum Gasteiger partial charge on any atom is -0.507 e. The van der Waals surface area contributed by atoms with Crippen molar-refractivity contribution in [1.82, 2.24) is 0 Å². The van der Waals surface area contributed by atoms with Gasteiger partial charge in [0.25, 0.3) is 0 Å². The van der Waals surface area contributed by atoms with Gasteiger partial charge in [-0.05, 0) is 54.2 Å². The second kappa shape index (κ2) is 8.12. The quantitative estimate of drug-likeness (QED) is 0.745. The molecule has 2 aromatic carbocycles. The van der Waals surface area contributed by atoms with Gasteiger partial charge in [-0.15, -0.1) is 13.2 Å². The lowest BCUT2D eigenvalue weighted by atomic mass is 9.90. The summed E-state index contributed by atoms with van der Waals surface area (Å²) in [5.41, 5.74) is 4.60. The first-order chi connectivity index (χ1) is 13.1. The molecule has 4 heteroatoms. The molecule has 0 atom stereocenters. The maximum Gasteiger partial charge on any atom is 0.227 e. The van der Waals surface area contributed by atoms with E-state index in [1.807, 2.05) is 35.2 Å². The van der Waals surface area contributed by atoms with Crippen LogP contribution in [0.15, 0.2) is 55.6 Å². The molecular formula is C23H25NO3. The van der Waals surface area contributed by atoms with Crippen molar-refractivity contribution in [3.63, 3.8) is 0 Å². The first-order valence-corrected chi connectivity index (χ1v) is 9.10. The van der Waals surface area contributed by atoms with E-state index in [4.69, 9.17) is 4.74 Å². The predicted molar refractivity (Wildman–Crippen MR) is 108 cm³/mol. The highest BCUT2D eigenvalue weighted by Crippen LogP contribution is 2.39. The zero-order chi connectivity index (χ0) is 19.4. The Hall–Kier alpha value is -3.01. The molecule has 0 unspecified atom stereocenters. The predicted octanol–water partition coefficient (Wildman–Crippen LogP) is 4.34. The van der Waals surface area contributed by atoms with Crippen LogP contribution < -0.4 is 9.64 Å². The van der Waals surface area contributed by atoms with E-state index in [2.05, 4.69) is 13.2 Å². The maximum atomic E-state index is 12.7. The van der Waals surface area contributed by atoms with Crippen LogP contribution in [0.3, 0.4) is 0 Å². The molecule has 1 aliphatic heterocycles. The van der Waals surface area contributed by atoms with E-state index >= 15 is 0 Å². The summed E-state index contributed by atoms with van der Waals surface area (Å²) < 4.78 is 5.21. The van der Waals surface area contributed by atoms with Gasteiger partial charge in [0, 0.05) is 17.7 Å². The lowest BCUT2D eigenvalue weighted by molar-refractivity contribution is -0.119. The molecule has 140 valence electrons. The maximum absolute atomic E-state index is 12.7. The zero-order valence-electron chi connectivity index (χ0n) is 15.7. The van der Waals surface area contributed by atoms with E-state index in [0.29, 0.717) is 38.0 Å². The van der Waals surface area contributed by atoms with Crippen LogP contribution in [0, 0.1) is 0 Å². The molecule has 1 N–H and O–H groups in total. The molecule has 0 aromatic heterocycles. The molecule has 4 nitrogen and oxygen atoms in total. The summed E-state index contributed by atoms with van der Waals surface area (Å²) in [4.78, 5) is 14.5. The number of anilines is 1. The number of hydrogen-bond acceptors (Lipinski definition) is 3. The third kappa shape index (κ3) is 3.75. The molecule has 0 saturated carbocycles. The highest BCUT2D eigenvalue weighted by molar-refractivity contribution is 5.97. The lowest BCUT2D eigenvalue weighted by Crippen LogP contribution is -2.35. The zero-order valence-corrected chi connectivity index (χ0v) is 15.7. The number of allylic oxidation sites excluding steroid dienone is 2. The van der Waals surface area contributed by atoms with Gasteiger partial charge in [-0.1, -0.05) is 24.3 Å². The number of hydrogen-bond donors (Lipinski definition) is 1. The Balaban J connectivity index is 2.05. The van der Waals surface area contributed by atoms with Crippen molar-refractivity contribution in [2.24, 2.45) is 0 Å². The summed E-state index contributed by atoms with van der Waals surface area (Å²) in [5, 5.41) is 10.7. The number of carbonyl (C=O) groups excluding carboxylic acids is 1. The van der Waals surface area contributed by atoms with Crippen molar-refractivity contribution < 1.29 is 14.6 Å². The molecular weight excluding hydrogens is 338 g/mol. The number of nitrogens with zero attached hydrogens (tertiary/aromatic N) is 1. The third-order valence-electron chi connectivity index (χ3n) is 4.97. The standard InChI is InChI=1S/C23H25NO3/c1-4-6-17-14-21-19(20(7-5-2)23(17)26)12-13-22(25)24(21)15-16-8-10-18(27-3)11-9-16/h4-5,8-11,14,26H,1-2,6-7,12-13,15H2,3H3. The van der Waals surface area contributed by atoms with Gasteiger partial charge in [-0.3, -0.25) is 4.79 Å². The summed E-state index contributed by atoms with van der Waals surface area (Å²) in [6, 6.07) is 9.66. The van der Waals surface area contributed by atoms with E-state index in [1.54, 1.807) is 19.3 Å². The number of rotatable bonds is 7. The Morgan fingerprint density at radius 1 is 1.15 bits per heavy atom. The van der Waals surface area contributed by atoms with E-state index < -0.39 is 0 Å². The Kier molecular flexibility index (Phi) is 5.65. The van der Waals surface area contributed by atoms with Crippen molar-refractivity contribution in [3.05, 3.63) is 77.9 Å². The van der Waals surface area contributed by atoms with Gasteiger partial charge in [0.05, 0.1) is 13.7 Å². The molecule has 2 aromatic rings. The molecule has 0 spiro atoms. The van der Waals surface area contributed by atoms with Crippen molar-refractivity contribution >= 4 is 11.6 Å². The van der Waals surface area contributed by atoms with Gasteiger partial charge < -0.3 is 14.7 Å². The minimum atomic E-state index is 0.0955. The monoisotopic (exact) mass is 363 g/mol. The number of benzene rings is 2. The van der Waals surface area contributed by atoms with E-state index in [1.165, 1.54) is 0 Å². The van der Waals surface area contributed by atoms with Crippen molar-refractivity contribution in [3.8, 4) is 11.5 Å². The third-order valence-corrected chi connectivity index (χ3v) is 4.97. The van der Waals surface area contributed by atoms with E-state index in [9.17, 15) is 9.90 Å². The van der Waals surface area contributed by atoms with Crippen molar-refractivity contribution in [1.29, 1.82) is 0 Å². The fourth-order valence-electron chi connectivity index (χ4n) is 3.60. The Labute approximate surface area is 160 Å². The SMILES string of the molecule is C=CCc1cc2c(c(CC=C)c1O)CCC(=O)N2Cc1ccc(OC)cc1. The Bertz CT molecular complexity index is 868. The molecule has 0 aliphatic carbocycles. The lowest BCUT2D eigenvalue weighted by Gasteiger charge is -2.32. The summed E-state index contributed by atoms with van der Waals surface area (Å²) in [6.07, 6.45) is 5.75. The number of aromatic hydroxyl groups is 1. The van der Waals surface area contributed by atoms with Crippen LogP contribution in [0.2, 0.25) is 0 Å². The van der Waals surface area contributed by atoms with Gasteiger partial charge in [-0.2, -0.15) is 0 Å². The number of carbonyl (C=O) groups is 1. The van der Waals surface area contributed by atoms with Gasteiger partial charge in [0.1, 0.15) is 11.5 Å². The molecule has 0 radical (unpaired) electrons. The molecule has 1 aliphatic rings. The summed E-state index contributed by atoms with van der Waals surface area (Å²) in [7, 11) is 1.63. The van der Waals surface area contributed by atoms with Gasteiger partial charge >= 0.3 is 0 Å². The Morgan fingerprint density at radius 2 is 1.85 bits per heavy atom. The van der Waals surface area contributed by atoms with Crippen LogP contribution >= 0.6 is 0 Å².